The van der Waals surface area contributed by atoms with Crippen LogP contribution in [0.4, 0.5) is 5.82 Å². The number of rotatable bonds is 7. The molecule has 2 fully saturated rings. The highest BCUT2D eigenvalue weighted by Gasteiger charge is 2.31. The summed E-state index contributed by atoms with van der Waals surface area (Å²) in [5, 5.41) is 1.01. The van der Waals surface area contributed by atoms with Crippen LogP contribution in [0.1, 0.15) is 54.6 Å². The van der Waals surface area contributed by atoms with E-state index in [-0.39, 0.29) is 17.6 Å². The minimum atomic E-state index is -0.484. The normalized spacial score (nSPS) is 18.8. The molecule has 0 bridgehead atoms. The summed E-state index contributed by atoms with van der Waals surface area (Å²) in [4.78, 5) is 26.7. The number of hydrogen-bond acceptors (Lipinski definition) is 6. The molecular formula is C28H31Cl2N5O2. The van der Waals surface area contributed by atoms with Crippen LogP contribution in [-0.2, 0) is 0 Å². The van der Waals surface area contributed by atoms with Crippen molar-refractivity contribution in [1.29, 1.82) is 0 Å². The third-order valence-corrected chi connectivity index (χ3v) is 7.85. The van der Waals surface area contributed by atoms with Gasteiger partial charge < -0.3 is 20.3 Å². The maximum atomic E-state index is 13.3. The van der Waals surface area contributed by atoms with E-state index >= 15 is 0 Å². The molecule has 7 nitrogen and oxygen atoms in total. The average Bonchev–Trinajstić information content (AvgIpc) is 3.58. The predicted octanol–water partition coefficient (Wildman–Crippen LogP) is 5.87. The van der Waals surface area contributed by atoms with Gasteiger partial charge in [0.1, 0.15) is 6.10 Å². The monoisotopic (exact) mass is 539 g/mol. The molecule has 0 aliphatic carbocycles. The molecule has 0 spiro atoms. The molecule has 2 aliphatic heterocycles. The predicted molar refractivity (Wildman–Crippen MR) is 147 cm³/mol. The number of nitrogens with two attached hydrogens (primary N) is 1. The maximum absolute atomic E-state index is 13.3. The fraction of sp³-hybridized carbons (Fsp3) is 0.393. The van der Waals surface area contributed by atoms with Gasteiger partial charge in [0.25, 0.3) is 11.8 Å². The number of hydrogen-bond donors (Lipinski definition) is 1. The summed E-state index contributed by atoms with van der Waals surface area (Å²) < 4.78 is 6.02. The quantitative estimate of drug-likeness (QED) is 0.404. The zero-order valence-corrected chi connectivity index (χ0v) is 22.4. The van der Waals surface area contributed by atoms with E-state index in [0.29, 0.717) is 32.9 Å². The molecule has 5 rings (SSSR count). The van der Waals surface area contributed by atoms with E-state index in [0.717, 1.165) is 44.6 Å². The Morgan fingerprint density at radius 3 is 2.49 bits per heavy atom. The van der Waals surface area contributed by atoms with Gasteiger partial charge in [-0.05, 0) is 70.0 Å². The van der Waals surface area contributed by atoms with Crippen LogP contribution in [-0.4, -0.2) is 57.9 Å². The highest BCUT2D eigenvalue weighted by atomic mass is 35.5. The van der Waals surface area contributed by atoms with Crippen molar-refractivity contribution in [2.45, 2.75) is 44.8 Å². The second-order valence-electron chi connectivity index (χ2n) is 9.72. The van der Waals surface area contributed by atoms with E-state index in [1.165, 1.54) is 12.8 Å². The number of aromatic nitrogens is 2. The lowest BCUT2D eigenvalue weighted by Gasteiger charge is -2.28. The Bertz CT molecular complexity index is 1240. The smallest absolute Gasteiger partial charge is 0.258 e. The Balaban J connectivity index is 1.30. The third-order valence-electron chi connectivity index (χ3n) is 7.19. The molecule has 2 aliphatic rings. The SMILES string of the molecule is CC(Oc1nc(-c2ccc(C(=O)N3CCCC3CN3CCCC3)cc2)cnc1N)c1c(Cl)cccc1Cl. The van der Waals surface area contributed by atoms with Crippen LogP contribution in [0.2, 0.25) is 10.0 Å². The van der Waals surface area contributed by atoms with E-state index < -0.39 is 6.10 Å². The summed E-state index contributed by atoms with van der Waals surface area (Å²) in [6.45, 7) is 5.91. The summed E-state index contributed by atoms with van der Waals surface area (Å²) in [6, 6.07) is 13.1. The standard InChI is InChI=1S/C28H31Cl2N5O2/c1-18(25-22(29)7-4-8-23(25)30)37-27-26(31)32-16-24(33-27)19-9-11-20(12-10-19)28(36)35-15-5-6-21(35)17-34-13-2-3-14-34/h4,7-12,16,18,21H,2-3,5-6,13-15,17H2,1H3,(H2,31,32). The van der Waals surface area contributed by atoms with Gasteiger partial charge in [-0.25, -0.2) is 9.97 Å². The van der Waals surface area contributed by atoms with E-state index in [1.807, 2.05) is 36.1 Å². The number of carbonyl (C=O) groups excluding carboxylic acids is 1. The van der Waals surface area contributed by atoms with Crippen molar-refractivity contribution in [3.63, 3.8) is 0 Å². The molecule has 2 N–H and O–H groups in total. The van der Waals surface area contributed by atoms with Crippen molar-refractivity contribution in [3.8, 4) is 17.1 Å². The summed E-state index contributed by atoms with van der Waals surface area (Å²) in [7, 11) is 0. The summed E-state index contributed by atoms with van der Waals surface area (Å²) in [5.41, 5.74) is 8.80. The number of carbonyl (C=O) groups is 1. The largest absolute Gasteiger partial charge is 0.467 e. The number of likely N-dealkylation sites (tertiary alicyclic amines) is 2. The molecule has 1 amide bonds. The van der Waals surface area contributed by atoms with Crippen LogP contribution in [0.25, 0.3) is 11.3 Å². The van der Waals surface area contributed by atoms with Gasteiger partial charge in [0.15, 0.2) is 5.82 Å². The highest BCUT2D eigenvalue weighted by Crippen LogP contribution is 2.34. The topological polar surface area (TPSA) is 84.6 Å². The maximum Gasteiger partial charge on any atom is 0.258 e. The Morgan fingerprint density at radius 1 is 1.08 bits per heavy atom. The fourth-order valence-corrected chi connectivity index (χ4v) is 5.94. The molecule has 2 atom stereocenters. The Labute approximate surface area is 227 Å². The molecule has 37 heavy (non-hydrogen) atoms. The minimum absolute atomic E-state index is 0.0890. The number of nitrogen functional groups attached to an aromatic ring is 1. The molecule has 0 radical (unpaired) electrons. The molecule has 2 unspecified atom stereocenters. The lowest BCUT2D eigenvalue weighted by molar-refractivity contribution is 0.0709. The number of amides is 1. The van der Waals surface area contributed by atoms with Gasteiger partial charge in [0, 0.05) is 45.9 Å². The van der Waals surface area contributed by atoms with Crippen LogP contribution in [0.5, 0.6) is 5.88 Å². The van der Waals surface area contributed by atoms with Crippen molar-refractivity contribution in [3.05, 3.63) is 69.8 Å². The fourth-order valence-electron chi connectivity index (χ4n) is 5.24. The van der Waals surface area contributed by atoms with E-state index in [1.54, 1.807) is 24.4 Å². The Kier molecular flexibility index (Phi) is 7.84. The van der Waals surface area contributed by atoms with Crippen LogP contribution in [0.3, 0.4) is 0 Å². The molecule has 9 heteroatoms. The van der Waals surface area contributed by atoms with Crippen molar-refractivity contribution in [2.24, 2.45) is 0 Å². The number of benzene rings is 2. The van der Waals surface area contributed by atoms with Gasteiger partial charge in [-0.3, -0.25) is 4.79 Å². The number of anilines is 1. The molecule has 194 valence electrons. The van der Waals surface area contributed by atoms with Crippen molar-refractivity contribution in [2.75, 3.05) is 31.9 Å². The first-order valence-corrected chi connectivity index (χ1v) is 13.5. The minimum Gasteiger partial charge on any atom is -0.467 e. The molecule has 1 aromatic heterocycles. The second kappa shape index (κ2) is 11.3. The zero-order valence-electron chi connectivity index (χ0n) is 20.9. The van der Waals surface area contributed by atoms with Gasteiger partial charge in [-0.15, -0.1) is 0 Å². The average molecular weight is 540 g/mol. The first-order valence-electron chi connectivity index (χ1n) is 12.8. The van der Waals surface area contributed by atoms with Gasteiger partial charge in [-0.1, -0.05) is 41.4 Å². The summed E-state index contributed by atoms with van der Waals surface area (Å²) in [6.07, 6.45) is 5.76. The Morgan fingerprint density at radius 2 is 1.78 bits per heavy atom. The van der Waals surface area contributed by atoms with Gasteiger partial charge in [0.05, 0.1) is 11.9 Å². The van der Waals surface area contributed by atoms with Gasteiger partial charge in [0.2, 0.25) is 0 Å². The van der Waals surface area contributed by atoms with Gasteiger partial charge >= 0.3 is 0 Å². The molecule has 3 heterocycles. The van der Waals surface area contributed by atoms with Gasteiger partial charge in [-0.2, -0.15) is 0 Å². The van der Waals surface area contributed by atoms with E-state index in [2.05, 4.69) is 14.9 Å². The van der Waals surface area contributed by atoms with E-state index in [9.17, 15) is 4.79 Å². The molecule has 3 aromatic rings. The molecule has 0 saturated carbocycles. The molecule has 2 aromatic carbocycles. The molecular weight excluding hydrogens is 509 g/mol. The molecule has 2 saturated heterocycles. The number of ether oxygens (including phenoxy) is 1. The zero-order chi connectivity index (χ0) is 25.9. The first kappa shape index (κ1) is 25.8. The lowest BCUT2D eigenvalue weighted by Crippen LogP contribution is -2.42. The van der Waals surface area contributed by atoms with E-state index in [4.69, 9.17) is 33.7 Å². The van der Waals surface area contributed by atoms with Crippen LogP contribution in [0.15, 0.2) is 48.7 Å². The Hall–Kier alpha value is -2.87. The highest BCUT2D eigenvalue weighted by molar-refractivity contribution is 6.36. The van der Waals surface area contributed by atoms with Crippen molar-refractivity contribution < 1.29 is 9.53 Å². The van der Waals surface area contributed by atoms with Crippen molar-refractivity contribution in [1.82, 2.24) is 19.8 Å². The van der Waals surface area contributed by atoms with Crippen molar-refractivity contribution >= 4 is 34.9 Å². The van der Waals surface area contributed by atoms with Crippen LogP contribution in [0, 0.1) is 0 Å². The first-order chi connectivity index (χ1) is 17.9. The number of nitrogens with zero attached hydrogens (tertiary/aromatic N) is 4. The lowest BCUT2D eigenvalue weighted by atomic mass is 10.1. The number of halogens is 2. The third kappa shape index (κ3) is 5.69. The second-order valence-corrected chi connectivity index (χ2v) is 10.5. The summed E-state index contributed by atoms with van der Waals surface area (Å²) in [5.74, 6) is 0.456. The summed E-state index contributed by atoms with van der Waals surface area (Å²) >= 11 is 12.7. The van der Waals surface area contributed by atoms with Crippen LogP contribution < -0.4 is 10.5 Å². The van der Waals surface area contributed by atoms with Crippen LogP contribution >= 0.6 is 23.2 Å².